The minimum Gasteiger partial charge on any atom is -0.396 e. The highest BCUT2D eigenvalue weighted by Gasteiger charge is 2.33. The molecule has 2 rings (SSSR count). The molecule has 1 N–H and O–H groups in total. The van der Waals surface area contributed by atoms with Crippen LogP contribution in [-0.2, 0) is 11.2 Å². The maximum atomic E-state index is 13.6. The standard InChI is InChI=1S/C13H16ClFO2/c14-11-2-3-12(15)10(6-11)7-13(8-16)4-1-5-17-9-13/h2-3,6,16H,1,4-5,7-9H2. The molecule has 1 aromatic carbocycles. The minimum absolute atomic E-state index is 0.0129. The Morgan fingerprint density at radius 1 is 1.47 bits per heavy atom. The number of rotatable bonds is 3. The third-order valence-corrected chi connectivity index (χ3v) is 3.55. The third-order valence-electron chi connectivity index (χ3n) is 3.31. The first kappa shape index (κ1) is 12.8. The number of benzene rings is 1. The predicted molar refractivity (Wildman–Crippen MR) is 64.7 cm³/mol. The molecule has 1 aromatic rings. The van der Waals surface area contributed by atoms with Gasteiger partial charge in [0.25, 0.3) is 0 Å². The lowest BCUT2D eigenvalue weighted by Gasteiger charge is -2.35. The van der Waals surface area contributed by atoms with E-state index in [9.17, 15) is 9.50 Å². The average Bonchev–Trinajstić information content (AvgIpc) is 2.35. The quantitative estimate of drug-likeness (QED) is 0.903. The first-order valence-corrected chi connectivity index (χ1v) is 6.16. The van der Waals surface area contributed by atoms with Gasteiger partial charge in [-0.15, -0.1) is 0 Å². The van der Waals surface area contributed by atoms with Gasteiger partial charge in [-0.3, -0.25) is 0 Å². The van der Waals surface area contributed by atoms with Crippen LogP contribution in [0, 0.1) is 11.2 Å². The molecule has 4 heteroatoms. The van der Waals surface area contributed by atoms with Crippen molar-refractivity contribution in [2.45, 2.75) is 19.3 Å². The van der Waals surface area contributed by atoms with Crippen molar-refractivity contribution in [2.75, 3.05) is 19.8 Å². The van der Waals surface area contributed by atoms with Gasteiger partial charge >= 0.3 is 0 Å². The molecular weight excluding hydrogens is 243 g/mol. The Bertz CT molecular complexity index is 389. The third kappa shape index (κ3) is 2.97. The smallest absolute Gasteiger partial charge is 0.126 e. The molecule has 1 aliphatic heterocycles. The second-order valence-electron chi connectivity index (χ2n) is 4.73. The first-order valence-electron chi connectivity index (χ1n) is 5.78. The van der Waals surface area contributed by atoms with Crippen molar-refractivity contribution < 1.29 is 14.2 Å². The monoisotopic (exact) mass is 258 g/mol. The lowest BCUT2D eigenvalue weighted by atomic mass is 9.78. The summed E-state index contributed by atoms with van der Waals surface area (Å²) >= 11 is 5.86. The van der Waals surface area contributed by atoms with Crippen LogP contribution < -0.4 is 0 Å². The van der Waals surface area contributed by atoms with Crippen LogP contribution in [0.1, 0.15) is 18.4 Å². The van der Waals surface area contributed by atoms with Crippen LogP contribution in [0.15, 0.2) is 18.2 Å². The van der Waals surface area contributed by atoms with E-state index in [2.05, 4.69) is 0 Å². The van der Waals surface area contributed by atoms with Gasteiger partial charge in [-0.05, 0) is 43.0 Å². The molecule has 17 heavy (non-hydrogen) atoms. The average molecular weight is 259 g/mol. The highest BCUT2D eigenvalue weighted by atomic mass is 35.5. The first-order chi connectivity index (χ1) is 8.15. The summed E-state index contributed by atoms with van der Waals surface area (Å²) in [7, 11) is 0. The number of aliphatic hydroxyl groups excluding tert-OH is 1. The largest absolute Gasteiger partial charge is 0.396 e. The van der Waals surface area contributed by atoms with Gasteiger partial charge in [-0.25, -0.2) is 4.39 Å². The summed E-state index contributed by atoms with van der Waals surface area (Å²) in [5.74, 6) is -0.271. The predicted octanol–water partition coefficient (Wildman–Crippen LogP) is 2.81. The van der Waals surface area contributed by atoms with E-state index in [0.29, 0.717) is 23.6 Å². The molecule has 0 bridgehead atoms. The molecule has 1 atom stereocenters. The number of hydrogen-bond donors (Lipinski definition) is 1. The number of halogens is 2. The molecular formula is C13H16ClFO2. The van der Waals surface area contributed by atoms with Gasteiger partial charge in [0.2, 0.25) is 0 Å². The fraction of sp³-hybridized carbons (Fsp3) is 0.538. The Kier molecular flexibility index (Phi) is 4.02. The zero-order chi connectivity index (χ0) is 12.3. The number of hydrogen-bond acceptors (Lipinski definition) is 2. The fourth-order valence-electron chi connectivity index (χ4n) is 2.31. The molecule has 1 aliphatic rings. The van der Waals surface area contributed by atoms with E-state index in [0.717, 1.165) is 19.4 Å². The number of ether oxygens (including phenoxy) is 1. The molecule has 0 spiro atoms. The van der Waals surface area contributed by atoms with Crippen LogP contribution in [0.4, 0.5) is 4.39 Å². The molecule has 1 fully saturated rings. The Labute approximate surface area is 105 Å². The van der Waals surface area contributed by atoms with E-state index in [1.54, 1.807) is 6.07 Å². The summed E-state index contributed by atoms with van der Waals surface area (Å²) in [6, 6.07) is 4.53. The van der Waals surface area contributed by atoms with E-state index in [1.807, 2.05) is 0 Å². The molecule has 1 heterocycles. The van der Waals surface area contributed by atoms with E-state index < -0.39 is 0 Å². The summed E-state index contributed by atoms with van der Waals surface area (Å²) in [5, 5.41) is 10.0. The zero-order valence-electron chi connectivity index (χ0n) is 9.59. The van der Waals surface area contributed by atoms with Crippen LogP contribution >= 0.6 is 11.6 Å². The van der Waals surface area contributed by atoms with Gasteiger partial charge < -0.3 is 9.84 Å². The van der Waals surface area contributed by atoms with E-state index in [4.69, 9.17) is 16.3 Å². The number of aliphatic hydroxyl groups is 1. The van der Waals surface area contributed by atoms with Gasteiger partial charge in [0.1, 0.15) is 5.82 Å². The summed E-state index contributed by atoms with van der Waals surface area (Å²) in [6.07, 6.45) is 2.23. The lowest BCUT2D eigenvalue weighted by Crippen LogP contribution is -2.37. The van der Waals surface area contributed by atoms with Gasteiger partial charge in [-0.1, -0.05) is 11.6 Å². The molecule has 0 radical (unpaired) electrons. The van der Waals surface area contributed by atoms with Crippen LogP contribution in [-0.4, -0.2) is 24.9 Å². The highest BCUT2D eigenvalue weighted by Crippen LogP contribution is 2.33. The molecule has 0 aromatic heterocycles. The van der Waals surface area contributed by atoms with Gasteiger partial charge in [-0.2, -0.15) is 0 Å². The summed E-state index contributed by atoms with van der Waals surface area (Å²) < 4.78 is 19.1. The van der Waals surface area contributed by atoms with Gasteiger partial charge in [0.15, 0.2) is 0 Å². The summed E-state index contributed by atoms with van der Waals surface area (Å²) in [6.45, 7) is 1.22. The molecule has 94 valence electrons. The Morgan fingerprint density at radius 2 is 2.29 bits per heavy atom. The summed E-state index contributed by atoms with van der Waals surface area (Å²) in [4.78, 5) is 0. The molecule has 0 amide bonds. The van der Waals surface area contributed by atoms with Crippen molar-refractivity contribution in [1.29, 1.82) is 0 Å². The Hall–Kier alpha value is -0.640. The minimum atomic E-state index is -0.357. The van der Waals surface area contributed by atoms with Crippen molar-refractivity contribution in [3.05, 3.63) is 34.6 Å². The lowest BCUT2D eigenvalue weighted by molar-refractivity contribution is -0.0382. The van der Waals surface area contributed by atoms with Crippen LogP contribution in [0.5, 0.6) is 0 Å². The second-order valence-corrected chi connectivity index (χ2v) is 5.16. The summed E-state index contributed by atoms with van der Waals surface area (Å²) in [5.41, 5.74) is 0.195. The maximum Gasteiger partial charge on any atom is 0.126 e. The maximum absolute atomic E-state index is 13.6. The van der Waals surface area contributed by atoms with Gasteiger partial charge in [0, 0.05) is 17.0 Å². The van der Waals surface area contributed by atoms with Crippen molar-refractivity contribution in [3.63, 3.8) is 0 Å². The van der Waals surface area contributed by atoms with Crippen molar-refractivity contribution in [1.82, 2.24) is 0 Å². The fourth-order valence-corrected chi connectivity index (χ4v) is 2.51. The van der Waals surface area contributed by atoms with Gasteiger partial charge in [0.05, 0.1) is 13.2 Å². The highest BCUT2D eigenvalue weighted by molar-refractivity contribution is 6.30. The Balaban J connectivity index is 2.20. The molecule has 1 unspecified atom stereocenters. The van der Waals surface area contributed by atoms with E-state index in [1.165, 1.54) is 12.1 Å². The molecule has 0 aliphatic carbocycles. The van der Waals surface area contributed by atoms with Crippen LogP contribution in [0.25, 0.3) is 0 Å². The van der Waals surface area contributed by atoms with Crippen molar-refractivity contribution in [2.24, 2.45) is 5.41 Å². The van der Waals surface area contributed by atoms with Crippen LogP contribution in [0.2, 0.25) is 5.02 Å². The normalized spacial score (nSPS) is 24.9. The second kappa shape index (κ2) is 5.34. The topological polar surface area (TPSA) is 29.5 Å². The molecule has 0 saturated carbocycles. The van der Waals surface area contributed by atoms with Crippen molar-refractivity contribution in [3.8, 4) is 0 Å². The van der Waals surface area contributed by atoms with E-state index >= 15 is 0 Å². The van der Waals surface area contributed by atoms with E-state index in [-0.39, 0.29) is 17.8 Å². The van der Waals surface area contributed by atoms with Crippen LogP contribution in [0.3, 0.4) is 0 Å². The SMILES string of the molecule is OCC1(Cc2cc(Cl)ccc2F)CCCOC1. The Morgan fingerprint density at radius 3 is 2.94 bits per heavy atom. The van der Waals surface area contributed by atoms with Crippen molar-refractivity contribution >= 4 is 11.6 Å². The molecule has 2 nitrogen and oxygen atoms in total. The molecule has 1 saturated heterocycles. The zero-order valence-corrected chi connectivity index (χ0v) is 10.3.